The molecule has 1 atom stereocenters. The molecule has 3 rings (SSSR count). The fourth-order valence-electron chi connectivity index (χ4n) is 4.16. The van der Waals surface area contributed by atoms with Gasteiger partial charge >= 0.3 is 0 Å². The van der Waals surface area contributed by atoms with Gasteiger partial charge in [0.15, 0.2) is 0 Å². The molecule has 0 saturated carbocycles. The highest BCUT2D eigenvalue weighted by Gasteiger charge is 2.42. The molecule has 0 N–H and O–H groups in total. The Morgan fingerprint density at radius 3 is 2.85 bits per heavy atom. The molecule has 2 fully saturated rings. The van der Waals surface area contributed by atoms with E-state index in [0.29, 0.717) is 19.4 Å². The van der Waals surface area contributed by atoms with Crippen molar-refractivity contribution in [2.45, 2.75) is 38.6 Å². The molecule has 2 aliphatic heterocycles. The topological polar surface area (TPSA) is 56.8 Å². The van der Waals surface area contributed by atoms with Gasteiger partial charge < -0.3 is 14.7 Å². The molecule has 1 spiro atoms. The summed E-state index contributed by atoms with van der Waals surface area (Å²) in [5.74, 6) is 0.447. The molecule has 2 aliphatic rings. The molecule has 2 amide bonds. The standard InChI is InChI=1S/C20H30N4O2/c1-22(2)13-8-19(26)23-12-5-9-20(15-23)10-7-18(25)24(16-20)14-17-6-3-4-11-21-17/h3-4,6,11H,5,7-10,12-16H2,1-2H3/t20-/m1/s1. The predicted molar refractivity (Wildman–Crippen MR) is 100 cm³/mol. The van der Waals surface area contributed by atoms with E-state index in [0.717, 1.165) is 51.1 Å². The van der Waals surface area contributed by atoms with Crippen LogP contribution in [0, 0.1) is 5.41 Å². The van der Waals surface area contributed by atoms with Gasteiger partial charge in [-0.1, -0.05) is 6.07 Å². The van der Waals surface area contributed by atoms with Gasteiger partial charge in [-0.3, -0.25) is 14.6 Å². The van der Waals surface area contributed by atoms with Crippen molar-refractivity contribution in [2.75, 3.05) is 40.3 Å². The molecule has 2 saturated heterocycles. The Morgan fingerprint density at radius 1 is 1.27 bits per heavy atom. The van der Waals surface area contributed by atoms with Crippen molar-refractivity contribution in [3.63, 3.8) is 0 Å². The van der Waals surface area contributed by atoms with Crippen LogP contribution in [0.4, 0.5) is 0 Å². The highest BCUT2D eigenvalue weighted by Crippen LogP contribution is 2.39. The van der Waals surface area contributed by atoms with E-state index in [9.17, 15) is 9.59 Å². The van der Waals surface area contributed by atoms with Gasteiger partial charge in [0.2, 0.25) is 11.8 Å². The minimum Gasteiger partial charge on any atom is -0.342 e. The average Bonchev–Trinajstić information content (AvgIpc) is 2.64. The van der Waals surface area contributed by atoms with Crippen molar-refractivity contribution in [3.8, 4) is 0 Å². The first kappa shape index (κ1) is 18.8. The summed E-state index contributed by atoms with van der Waals surface area (Å²) < 4.78 is 0. The molecule has 26 heavy (non-hydrogen) atoms. The van der Waals surface area contributed by atoms with Crippen LogP contribution >= 0.6 is 0 Å². The van der Waals surface area contributed by atoms with Gasteiger partial charge in [0.05, 0.1) is 12.2 Å². The first-order valence-corrected chi connectivity index (χ1v) is 9.58. The van der Waals surface area contributed by atoms with Gasteiger partial charge in [-0.2, -0.15) is 0 Å². The van der Waals surface area contributed by atoms with Crippen LogP contribution in [-0.2, 0) is 16.1 Å². The number of aromatic nitrogens is 1. The molecular formula is C20H30N4O2. The quantitative estimate of drug-likeness (QED) is 0.805. The maximum atomic E-state index is 12.6. The zero-order chi connectivity index (χ0) is 18.6. The maximum Gasteiger partial charge on any atom is 0.223 e. The third-order valence-corrected chi connectivity index (χ3v) is 5.61. The first-order chi connectivity index (χ1) is 12.5. The Hall–Kier alpha value is -1.95. The van der Waals surface area contributed by atoms with Crippen molar-refractivity contribution in [1.29, 1.82) is 0 Å². The van der Waals surface area contributed by atoms with E-state index in [2.05, 4.69) is 4.98 Å². The molecule has 142 valence electrons. The summed E-state index contributed by atoms with van der Waals surface area (Å²) in [7, 11) is 3.99. The van der Waals surface area contributed by atoms with E-state index in [4.69, 9.17) is 0 Å². The minimum absolute atomic E-state index is 0.0503. The molecule has 0 aromatic carbocycles. The second-order valence-corrected chi connectivity index (χ2v) is 8.04. The molecule has 1 aromatic heterocycles. The smallest absolute Gasteiger partial charge is 0.223 e. The largest absolute Gasteiger partial charge is 0.342 e. The number of carbonyl (C=O) groups excluding carboxylic acids is 2. The van der Waals surface area contributed by atoms with Gasteiger partial charge in [-0.25, -0.2) is 0 Å². The lowest BCUT2D eigenvalue weighted by atomic mass is 9.73. The minimum atomic E-state index is 0.0503. The lowest BCUT2D eigenvalue weighted by molar-refractivity contribution is -0.143. The number of piperidine rings is 2. The number of hydrogen-bond donors (Lipinski definition) is 0. The monoisotopic (exact) mass is 358 g/mol. The van der Waals surface area contributed by atoms with Crippen LogP contribution < -0.4 is 0 Å². The van der Waals surface area contributed by atoms with Crippen LogP contribution in [0.25, 0.3) is 0 Å². The molecule has 0 bridgehead atoms. The summed E-state index contributed by atoms with van der Waals surface area (Å²) in [6.07, 6.45) is 5.93. The molecule has 0 aliphatic carbocycles. The Kier molecular flexibility index (Phi) is 5.91. The zero-order valence-electron chi connectivity index (χ0n) is 16.0. The van der Waals surface area contributed by atoms with Crippen molar-refractivity contribution < 1.29 is 9.59 Å². The number of rotatable bonds is 5. The number of amides is 2. The van der Waals surface area contributed by atoms with Gasteiger partial charge in [0, 0.05) is 50.6 Å². The van der Waals surface area contributed by atoms with E-state index in [1.165, 1.54) is 0 Å². The lowest BCUT2D eigenvalue weighted by Gasteiger charge is -2.48. The normalized spacial score (nSPS) is 23.7. The zero-order valence-corrected chi connectivity index (χ0v) is 16.0. The van der Waals surface area contributed by atoms with E-state index < -0.39 is 0 Å². The molecular weight excluding hydrogens is 328 g/mol. The molecule has 6 heteroatoms. The third kappa shape index (κ3) is 4.61. The predicted octanol–water partition coefficient (Wildman–Crippen LogP) is 1.76. The number of likely N-dealkylation sites (tertiary alicyclic amines) is 2. The highest BCUT2D eigenvalue weighted by atomic mass is 16.2. The van der Waals surface area contributed by atoms with Crippen LogP contribution in [-0.4, -0.2) is 71.8 Å². The van der Waals surface area contributed by atoms with Crippen LogP contribution in [0.5, 0.6) is 0 Å². The summed E-state index contributed by atoms with van der Waals surface area (Å²) in [6.45, 7) is 3.72. The summed E-state index contributed by atoms with van der Waals surface area (Å²) in [5, 5.41) is 0. The first-order valence-electron chi connectivity index (χ1n) is 9.58. The highest BCUT2D eigenvalue weighted by molar-refractivity contribution is 5.78. The maximum absolute atomic E-state index is 12.6. The summed E-state index contributed by atoms with van der Waals surface area (Å²) in [6, 6.07) is 5.81. The summed E-state index contributed by atoms with van der Waals surface area (Å²) in [5.41, 5.74) is 0.974. The fourth-order valence-corrected chi connectivity index (χ4v) is 4.16. The van der Waals surface area contributed by atoms with Gasteiger partial charge in [0.1, 0.15) is 0 Å². The fraction of sp³-hybridized carbons (Fsp3) is 0.650. The molecule has 0 unspecified atom stereocenters. The second-order valence-electron chi connectivity index (χ2n) is 8.04. The van der Waals surface area contributed by atoms with Crippen LogP contribution in [0.15, 0.2) is 24.4 Å². The Bertz CT molecular complexity index is 634. The number of hydrogen-bond acceptors (Lipinski definition) is 4. The van der Waals surface area contributed by atoms with E-state index in [-0.39, 0.29) is 17.2 Å². The molecule has 3 heterocycles. The van der Waals surface area contributed by atoms with E-state index >= 15 is 0 Å². The van der Waals surface area contributed by atoms with Crippen molar-refractivity contribution >= 4 is 11.8 Å². The van der Waals surface area contributed by atoms with Crippen LogP contribution in [0.1, 0.15) is 37.8 Å². The SMILES string of the molecule is CN(C)CCC(=O)N1CCC[C@@]2(CCC(=O)N(Cc3ccccn3)C2)C1. The number of carbonyl (C=O) groups is 2. The molecule has 0 radical (unpaired) electrons. The van der Waals surface area contributed by atoms with Crippen molar-refractivity contribution in [2.24, 2.45) is 5.41 Å². The Balaban J connectivity index is 1.64. The summed E-state index contributed by atoms with van der Waals surface area (Å²) >= 11 is 0. The third-order valence-electron chi connectivity index (χ3n) is 5.61. The second kappa shape index (κ2) is 8.16. The van der Waals surface area contributed by atoms with E-state index in [1.54, 1.807) is 6.20 Å². The lowest BCUT2D eigenvalue weighted by Crippen LogP contribution is -2.55. The number of pyridine rings is 1. The van der Waals surface area contributed by atoms with Crippen LogP contribution in [0.2, 0.25) is 0 Å². The van der Waals surface area contributed by atoms with Gasteiger partial charge in [0.25, 0.3) is 0 Å². The summed E-state index contributed by atoms with van der Waals surface area (Å²) in [4.78, 5) is 35.4. The van der Waals surface area contributed by atoms with Crippen LogP contribution in [0.3, 0.4) is 0 Å². The number of nitrogens with zero attached hydrogens (tertiary/aromatic N) is 4. The van der Waals surface area contributed by atoms with Gasteiger partial charge in [-0.15, -0.1) is 0 Å². The Labute approximate surface area is 156 Å². The van der Waals surface area contributed by atoms with Gasteiger partial charge in [-0.05, 0) is 45.5 Å². The average molecular weight is 358 g/mol. The van der Waals surface area contributed by atoms with Crippen molar-refractivity contribution in [3.05, 3.63) is 30.1 Å². The molecule has 1 aromatic rings. The Morgan fingerprint density at radius 2 is 2.12 bits per heavy atom. The van der Waals surface area contributed by atoms with E-state index in [1.807, 2.05) is 47.0 Å². The van der Waals surface area contributed by atoms with Crippen molar-refractivity contribution in [1.82, 2.24) is 19.7 Å². The molecule has 6 nitrogen and oxygen atoms in total.